The van der Waals surface area contributed by atoms with Crippen molar-refractivity contribution in [2.45, 2.75) is 25.3 Å². The summed E-state index contributed by atoms with van der Waals surface area (Å²) in [7, 11) is 0. The third-order valence-electron chi connectivity index (χ3n) is 3.20. The molecule has 1 aliphatic rings. The van der Waals surface area contributed by atoms with Crippen molar-refractivity contribution >= 4 is 41.5 Å². The number of hydrogen-bond donors (Lipinski definition) is 4. The van der Waals surface area contributed by atoms with E-state index >= 15 is 0 Å². The van der Waals surface area contributed by atoms with Crippen LogP contribution in [0.3, 0.4) is 0 Å². The van der Waals surface area contributed by atoms with Gasteiger partial charge >= 0.3 is 18.3 Å². The summed E-state index contributed by atoms with van der Waals surface area (Å²) in [5, 5.41) is 27.9. The molecule has 4 N–H and O–H groups in total. The van der Waals surface area contributed by atoms with Crippen LogP contribution in [0.15, 0.2) is 0 Å². The lowest BCUT2D eigenvalue weighted by molar-refractivity contribution is 0.112. The van der Waals surface area contributed by atoms with E-state index in [0.717, 1.165) is 19.3 Å². The third-order valence-corrected chi connectivity index (χ3v) is 3.37. The van der Waals surface area contributed by atoms with Crippen LogP contribution < -0.4 is 10.3 Å². The highest BCUT2D eigenvalue weighted by atomic mass is 35.5. The van der Waals surface area contributed by atoms with Gasteiger partial charge < -0.3 is 20.6 Å². The average molecular weight is 364 g/mol. The lowest BCUT2D eigenvalue weighted by atomic mass is 9.93. The molecule has 0 atom stereocenters. The molecule has 0 saturated heterocycles. The number of amides is 3. The molecule has 2 rings (SSSR count). The Morgan fingerprint density at radius 2 is 1.71 bits per heavy atom. The molecule has 3 amide bonds. The minimum absolute atomic E-state index is 0.105. The van der Waals surface area contributed by atoms with Gasteiger partial charge in [0.2, 0.25) is 16.9 Å². The zero-order valence-electron chi connectivity index (χ0n) is 11.8. The van der Waals surface area contributed by atoms with Crippen molar-refractivity contribution in [1.29, 1.82) is 0 Å². The number of rotatable bonds is 3. The maximum atomic E-state index is 14.5. The van der Waals surface area contributed by atoms with E-state index in [9.17, 15) is 18.8 Å². The van der Waals surface area contributed by atoms with E-state index < -0.39 is 46.0 Å². The second-order valence-corrected chi connectivity index (χ2v) is 5.06. The smallest absolute Gasteiger partial charge is 0.437 e. The van der Waals surface area contributed by atoms with Crippen LogP contribution in [0, 0.1) is 5.82 Å². The molecule has 0 unspecified atom stereocenters. The molecule has 24 heavy (non-hydrogen) atoms. The van der Waals surface area contributed by atoms with Crippen molar-refractivity contribution in [2.75, 3.05) is 10.3 Å². The fourth-order valence-electron chi connectivity index (χ4n) is 1.91. The number of aromatic nitrogens is 2. The summed E-state index contributed by atoms with van der Waals surface area (Å²) in [4.78, 5) is 40.2. The molecule has 0 radical (unpaired) electrons. The quantitative estimate of drug-likeness (QED) is 0.467. The van der Waals surface area contributed by atoms with Crippen molar-refractivity contribution < 1.29 is 34.1 Å². The number of nitrogens with zero attached hydrogens (tertiary/aromatic N) is 4. The van der Waals surface area contributed by atoms with Crippen LogP contribution in [0.2, 0.25) is 5.28 Å². The molecular formula is C11H11ClFN5O6. The van der Waals surface area contributed by atoms with Crippen molar-refractivity contribution in [1.82, 2.24) is 15.0 Å². The number of imide groups is 1. The Hall–Kier alpha value is -2.89. The van der Waals surface area contributed by atoms with Gasteiger partial charge in [0.15, 0.2) is 5.82 Å². The third kappa shape index (κ3) is 3.37. The van der Waals surface area contributed by atoms with Gasteiger partial charge in [-0.2, -0.15) is 14.4 Å². The summed E-state index contributed by atoms with van der Waals surface area (Å²) in [6.07, 6.45) is -4.06. The van der Waals surface area contributed by atoms with Gasteiger partial charge in [-0.25, -0.2) is 14.4 Å². The number of carbonyl (C=O) groups is 3. The number of anilines is 2. The van der Waals surface area contributed by atoms with Gasteiger partial charge in [-0.15, -0.1) is 10.0 Å². The van der Waals surface area contributed by atoms with Crippen LogP contribution in [0.25, 0.3) is 0 Å². The van der Waals surface area contributed by atoms with Crippen LogP contribution >= 0.6 is 11.6 Å². The molecule has 1 aromatic rings. The first-order chi connectivity index (χ1) is 11.2. The summed E-state index contributed by atoms with van der Waals surface area (Å²) in [5.41, 5.74) is 0. The Morgan fingerprint density at radius 1 is 1.12 bits per heavy atom. The molecule has 1 aromatic heterocycles. The Labute approximate surface area is 138 Å². The van der Waals surface area contributed by atoms with Gasteiger partial charge in [0.25, 0.3) is 0 Å². The Kier molecular flexibility index (Phi) is 4.87. The van der Waals surface area contributed by atoms with E-state index in [-0.39, 0.29) is 11.1 Å². The van der Waals surface area contributed by atoms with Crippen LogP contribution in [0.4, 0.5) is 30.4 Å². The predicted octanol–water partition coefficient (Wildman–Crippen LogP) is 2.29. The lowest BCUT2D eigenvalue weighted by Crippen LogP contribution is -2.52. The molecule has 130 valence electrons. The molecule has 1 heterocycles. The highest BCUT2D eigenvalue weighted by molar-refractivity contribution is 6.28. The molecule has 1 fully saturated rings. The first kappa shape index (κ1) is 17.5. The predicted molar refractivity (Wildman–Crippen MR) is 76.7 cm³/mol. The highest BCUT2D eigenvalue weighted by Crippen LogP contribution is 2.29. The molecule has 0 aliphatic heterocycles. The average Bonchev–Trinajstić information content (AvgIpc) is 2.42. The Bertz CT molecular complexity index is 686. The molecule has 11 nitrogen and oxygen atoms in total. The summed E-state index contributed by atoms with van der Waals surface area (Å²) in [6, 6.07) is -0.105. The van der Waals surface area contributed by atoms with E-state index in [1.165, 1.54) is 0 Å². The van der Waals surface area contributed by atoms with Crippen molar-refractivity contribution in [3.8, 4) is 0 Å². The van der Waals surface area contributed by atoms with Crippen molar-refractivity contribution in [2.24, 2.45) is 0 Å². The van der Waals surface area contributed by atoms with Gasteiger partial charge in [0, 0.05) is 6.04 Å². The number of carboxylic acid groups (broad SMARTS) is 3. The van der Waals surface area contributed by atoms with E-state index in [0.29, 0.717) is 0 Å². The fraction of sp³-hybridized carbons (Fsp3) is 0.364. The molecule has 1 saturated carbocycles. The second-order valence-electron chi connectivity index (χ2n) is 4.72. The zero-order valence-corrected chi connectivity index (χ0v) is 12.6. The summed E-state index contributed by atoms with van der Waals surface area (Å²) >= 11 is 5.62. The normalized spacial score (nSPS) is 13.8. The SMILES string of the molecule is O=C(O)N(C(=O)O)N(C(=O)O)c1nc(Cl)nc(NC2CCC2)c1F. The maximum absolute atomic E-state index is 14.5. The monoisotopic (exact) mass is 363 g/mol. The number of hydrogen-bond acceptors (Lipinski definition) is 6. The lowest BCUT2D eigenvalue weighted by Gasteiger charge is -2.29. The number of halogens is 2. The van der Waals surface area contributed by atoms with Crippen LogP contribution in [0.5, 0.6) is 0 Å². The first-order valence-electron chi connectivity index (χ1n) is 6.51. The maximum Gasteiger partial charge on any atom is 0.437 e. The van der Waals surface area contributed by atoms with Gasteiger partial charge in [-0.1, -0.05) is 0 Å². The number of hydrazine groups is 1. The molecular weight excluding hydrogens is 353 g/mol. The van der Waals surface area contributed by atoms with E-state index in [4.69, 9.17) is 26.9 Å². The Balaban J connectivity index is 2.51. The first-order valence-corrected chi connectivity index (χ1v) is 6.88. The summed E-state index contributed by atoms with van der Waals surface area (Å²) in [5.74, 6) is -2.92. The summed E-state index contributed by atoms with van der Waals surface area (Å²) in [6.45, 7) is 0. The van der Waals surface area contributed by atoms with E-state index in [1.54, 1.807) is 0 Å². The van der Waals surface area contributed by atoms with Crippen molar-refractivity contribution in [3.05, 3.63) is 11.1 Å². The van der Waals surface area contributed by atoms with E-state index in [1.807, 2.05) is 0 Å². The standard InChI is InChI=1S/C11H11ClFN5O6/c12-8-15-6(14-4-2-1-3-4)5(13)7(16-8)17(9(19)20)18(10(21)22)11(23)24/h4H,1-3H2,(H,19,20)(H,21,22)(H,23,24)(H,14,15,16). The van der Waals surface area contributed by atoms with Crippen LogP contribution in [-0.4, -0.2) is 54.6 Å². The number of nitrogens with one attached hydrogen (secondary N) is 1. The van der Waals surface area contributed by atoms with Gasteiger partial charge in [-0.3, -0.25) is 0 Å². The molecule has 0 bridgehead atoms. The highest BCUT2D eigenvalue weighted by Gasteiger charge is 2.37. The van der Waals surface area contributed by atoms with Crippen molar-refractivity contribution in [3.63, 3.8) is 0 Å². The van der Waals surface area contributed by atoms with Crippen LogP contribution in [0.1, 0.15) is 19.3 Å². The van der Waals surface area contributed by atoms with Gasteiger partial charge in [0.1, 0.15) is 0 Å². The topological polar surface area (TPSA) is 156 Å². The van der Waals surface area contributed by atoms with Gasteiger partial charge in [0.05, 0.1) is 0 Å². The van der Waals surface area contributed by atoms with Gasteiger partial charge in [-0.05, 0) is 30.9 Å². The second kappa shape index (κ2) is 6.70. The fourth-order valence-corrected chi connectivity index (χ4v) is 2.08. The largest absolute Gasteiger partial charge is 0.463 e. The van der Waals surface area contributed by atoms with Crippen LogP contribution in [-0.2, 0) is 0 Å². The Morgan fingerprint density at radius 3 is 2.12 bits per heavy atom. The minimum Gasteiger partial charge on any atom is -0.463 e. The minimum atomic E-state index is -2.17. The molecule has 1 aliphatic carbocycles. The molecule has 0 aromatic carbocycles. The molecule has 13 heteroatoms. The van der Waals surface area contributed by atoms with E-state index in [2.05, 4.69) is 15.3 Å². The zero-order chi connectivity index (χ0) is 18.0. The molecule has 0 spiro atoms. The summed E-state index contributed by atoms with van der Waals surface area (Å²) < 4.78 is 14.5.